The van der Waals surface area contributed by atoms with Crippen LogP contribution >= 0.6 is 22.9 Å². The third-order valence-corrected chi connectivity index (χ3v) is 3.95. The topological polar surface area (TPSA) is 37.8 Å². The molecule has 0 atom stereocenters. The van der Waals surface area contributed by atoms with Gasteiger partial charge in [-0.2, -0.15) is 0 Å². The van der Waals surface area contributed by atoms with E-state index < -0.39 is 0 Å². The molecule has 0 unspecified atom stereocenters. The summed E-state index contributed by atoms with van der Waals surface area (Å²) in [6.45, 7) is 3.05. The molecular weight excluding hydrogens is 266 g/mol. The summed E-state index contributed by atoms with van der Waals surface area (Å²) in [5.74, 6) is 0. The van der Waals surface area contributed by atoms with Crippen LogP contribution in [0.2, 0.25) is 5.02 Å². The largest absolute Gasteiger partial charge is 0.320 e. The molecule has 2 aromatic rings. The van der Waals surface area contributed by atoms with Gasteiger partial charge in [0.1, 0.15) is 10.0 Å². The fourth-order valence-electron chi connectivity index (χ4n) is 1.75. The molecule has 0 aliphatic rings. The Kier molecular flexibility index (Phi) is 4.69. The number of benzene rings is 1. The molecule has 2 rings (SSSR count). The van der Waals surface area contributed by atoms with Crippen molar-refractivity contribution in [1.82, 2.24) is 15.5 Å². The van der Waals surface area contributed by atoms with E-state index >= 15 is 0 Å². The zero-order chi connectivity index (χ0) is 13.0. The summed E-state index contributed by atoms with van der Waals surface area (Å²) in [6, 6.07) is 5.86. The Morgan fingerprint density at radius 3 is 2.89 bits per heavy atom. The summed E-state index contributed by atoms with van der Waals surface area (Å²) in [7, 11) is 1.96. The van der Waals surface area contributed by atoms with E-state index in [1.54, 1.807) is 11.3 Å². The molecule has 3 nitrogen and oxygen atoms in total. The van der Waals surface area contributed by atoms with Gasteiger partial charge in [-0.15, -0.1) is 10.2 Å². The first-order chi connectivity index (χ1) is 8.70. The number of rotatable bonds is 5. The molecule has 0 saturated carbocycles. The molecule has 0 aliphatic carbocycles. The van der Waals surface area contributed by atoms with Gasteiger partial charge in [0.25, 0.3) is 0 Å². The number of hydrogen-bond donors (Lipinski definition) is 1. The van der Waals surface area contributed by atoms with E-state index in [0.29, 0.717) is 0 Å². The standard InChI is InChI=1S/C13H16ClN3S/c1-9-8-10(14)5-6-11(9)13-17-16-12(18-13)4-3-7-15-2/h5-6,8,15H,3-4,7H2,1-2H3. The minimum atomic E-state index is 0.759. The summed E-state index contributed by atoms with van der Waals surface area (Å²) in [5, 5.41) is 14.5. The van der Waals surface area contributed by atoms with Gasteiger partial charge in [0, 0.05) is 17.0 Å². The van der Waals surface area contributed by atoms with E-state index in [9.17, 15) is 0 Å². The fraction of sp³-hybridized carbons (Fsp3) is 0.385. The summed E-state index contributed by atoms with van der Waals surface area (Å²) in [5.41, 5.74) is 2.26. The molecule has 0 aliphatic heterocycles. The quantitative estimate of drug-likeness (QED) is 0.855. The van der Waals surface area contributed by atoms with Crippen LogP contribution in [0.15, 0.2) is 18.2 Å². The lowest BCUT2D eigenvalue weighted by atomic mass is 10.1. The molecule has 1 aromatic carbocycles. The van der Waals surface area contributed by atoms with Gasteiger partial charge in [0.05, 0.1) is 0 Å². The van der Waals surface area contributed by atoms with Gasteiger partial charge in [-0.05, 0) is 44.6 Å². The molecule has 96 valence electrons. The molecule has 1 aromatic heterocycles. The van der Waals surface area contributed by atoms with Crippen LogP contribution in [0.25, 0.3) is 10.6 Å². The number of halogens is 1. The van der Waals surface area contributed by atoms with Gasteiger partial charge in [-0.3, -0.25) is 0 Å². The number of hydrogen-bond acceptors (Lipinski definition) is 4. The molecule has 5 heteroatoms. The molecular formula is C13H16ClN3S. The predicted molar refractivity (Wildman–Crippen MR) is 77.3 cm³/mol. The second kappa shape index (κ2) is 6.27. The van der Waals surface area contributed by atoms with Gasteiger partial charge in [0.2, 0.25) is 0 Å². The first-order valence-corrected chi connectivity index (χ1v) is 7.13. The maximum atomic E-state index is 5.95. The number of aryl methyl sites for hydroxylation is 2. The van der Waals surface area contributed by atoms with Crippen molar-refractivity contribution in [1.29, 1.82) is 0 Å². The number of nitrogens with zero attached hydrogens (tertiary/aromatic N) is 2. The fourth-order valence-corrected chi connectivity index (χ4v) is 2.95. The van der Waals surface area contributed by atoms with Crippen LogP contribution in [-0.4, -0.2) is 23.8 Å². The minimum absolute atomic E-state index is 0.759. The van der Waals surface area contributed by atoms with Crippen LogP contribution < -0.4 is 5.32 Å². The summed E-state index contributed by atoms with van der Waals surface area (Å²) in [4.78, 5) is 0. The molecule has 0 saturated heterocycles. The molecule has 1 heterocycles. The van der Waals surface area contributed by atoms with Crippen LogP contribution in [-0.2, 0) is 6.42 Å². The van der Waals surface area contributed by atoms with Crippen LogP contribution in [0, 0.1) is 6.92 Å². The molecule has 0 fully saturated rings. The number of nitrogens with one attached hydrogen (secondary N) is 1. The molecule has 0 spiro atoms. The molecule has 0 amide bonds. The lowest BCUT2D eigenvalue weighted by molar-refractivity contribution is 0.718. The average molecular weight is 282 g/mol. The second-order valence-corrected chi connectivity index (χ2v) is 5.67. The van der Waals surface area contributed by atoms with E-state index in [1.807, 2.05) is 32.2 Å². The van der Waals surface area contributed by atoms with Gasteiger partial charge in [-0.25, -0.2) is 0 Å². The first-order valence-electron chi connectivity index (χ1n) is 5.94. The predicted octanol–water partition coefficient (Wildman–Crippen LogP) is 3.32. The lowest BCUT2D eigenvalue weighted by Crippen LogP contribution is -2.08. The zero-order valence-corrected chi connectivity index (χ0v) is 12.1. The van der Waals surface area contributed by atoms with Crippen molar-refractivity contribution in [2.24, 2.45) is 0 Å². The highest BCUT2D eigenvalue weighted by Gasteiger charge is 2.09. The van der Waals surface area contributed by atoms with E-state index in [0.717, 1.165) is 45.6 Å². The van der Waals surface area contributed by atoms with E-state index in [-0.39, 0.29) is 0 Å². The van der Waals surface area contributed by atoms with Gasteiger partial charge >= 0.3 is 0 Å². The lowest BCUT2D eigenvalue weighted by Gasteiger charge is -2.01. The Morgan fingerprint density at radius 2 is 2.17 bits per heavy atom. The van der Waals surface area contributed by atoms with Crippen LogP contribution in [0.4, 0.5) is 0 Å². The van der Waals surface area contributed by atoms with E-state index in [1.165, 1.54) is 0 Å². The first kappa shape index (κ1) is 13.5. The van der Waals surface area contributed by atoms with Crippen molar-refractivity contribution in [3.63, 3.8) is 0 Å². The Hall–Kier alpha value is -0.970. The highest BCUT2D eigenvalue weighted by Crippen LogP contribution is 2.28. The van der Waals surface area contributed by atoms with Crippen molar-refractivity contribution >= 4 is 22.9 Å². The van der Waals surface area contributed by atoms with Crippen LogP contribution in [0.1, 0.15) is 17.0 Å². The average Bonchev–Trinajstić information content (AvgIpc) is 2.78. The third-order valence-electron chi connectivity index (χ3n) is 2.70. The summed E-state index contributed by atoms with van der Waals surface area (Å²) >= 11 is 7.62. The Bertz CT molecular complexity index is 525. The Labute approximate surface area is 116 Å². The Morgan fingerprint density at radius 1 is 1.33 bits per heavy atom. The SMILES string of the molecule is CNCCCc1nnc(-c2ccc(Cl)cc2C)s1. The van der Waals surface area contributed by atoms with Crippen molar-refractivity contribution in [2.45, 2.75) is 19.8 Å². The molecule has 0 bridgehead atoms. The maximum Gasteiger partial charge on any atom is 0.148 e. The van der Waals surface area contributed by atoms with E-state index in [4.69, 9.17) is 11.6 Å². The normalized spacial score (nSPS) is 10.8. The summed E-state index contributed by atoms with van der Waals surface area (Å²) in [6.07, 6.45) is 2.07. The third kappa shape index (κ3) is 3.28. The van der Waals surface area contributed by atoms with Crippen LogP contribution in [0.3, 0.4) is 0 Å². The smallest absolute Gasteiger partial charge is 0.148 e. The van der Waals surface area contributed by atoms with Gasteiger partial charge in [-0.1, -0.05) is 29.0 Å². The molecule has 0 radical (unpaired) electrons. The maximum absolute atomic E-state index is 5.95. The minimum Gasteiger partial charge on any atom is -0.320 e. The molecule has 18 heavy (non-hydrogen) atoms. The zero-order valence-electron chi connectivity index (χ0n) is 10.5. The highest BCUT2D eigenvalue weighted by molar-refractivity contribution is 7.14. The Balaban J connectivity index is 2.13. The van der Waals surface area contributed by atoms with Gasteiger partial charge < -0.3 is 5.32 Å². The second-order valence-electron chi connectivity index (χ2n) is 4.17. The van der Waals surface area contributed by atoms with Crippen molar-refractivity contribution in [2.75, 3.05) is 13.6 Å². The molecule has 1 N–H and O–H groups in total. The summed E-state index contributed by atoms with van der Waals surface area (Å²) < 4.78 is 0. The van der Waals surface area contributed by atoms with Crippen LogP contribution in [0.5, 0.6) is 0 Å². The van der Waals surface area contributed by atoms with Gasteiger partial charge in [0.15, 0.2) is 0 Å². The van der Waals surface area contributed by atoms with Crippen molar-refractivity contribution < 1.29 is 0 Å². The monoisotopic (exact) mass is 281 g/mol. The number of aromatic nitrogens is 2. The van der Waals surface area contributed by atoms with E-state index in [2.05, 4.69) is 15.5 Å². The van der Waals surface area contributed by atoms with Crippen molar-refractivity contribution in [3.8, 4) is 10.6 Å². The highest BCUT2D eigenvalue weighted by atomic mass is 35.5. The van der Waals surface area contributed by atoms with Crippen molar-refractivity contribution in [3.05, 3.63) is 33.8 Å².